The van der Waals surface area contributed by atoms with Gasteiger partial charge in [-0.05, 0) is 18.2 Å². The Morgan fingerprint density at radius 2 is 2.31 bits per heavy atom. The van der Waals surface area contributed by atoms with E-state index in [4.69, 9.17) is 16.3 Å². The molecule has 0 aliphatic heterocycles. The second-order valence-corrected chi connectivity index (χ2v) is 5.33. The van der Waals surface area contributed by atoms with Crippen LogP contribution in [0.4, 0.5) is 0 Å². The number of carbonyl (C=O) groups is 1. The summed E-state index contributed by atoms with van der Waals surface area (Å²) in [4.78, 5) is 12.0. The fourth-order valence-corrected chi connectivity index (χ4v) is 1.51. The van der Waals surface area contributed by atoms with Crippen LogP contribution in [0.3, 0.4) is 0 Å². The van der Waals surface area contributed by atoms with Crippen LogP contribution in [-0.4, -0.2) is 24.4 Å². The van der Waals surface area contributed by atoms with E-state index in [-0.39, 0.29) is 10.7 Å². The van der Waals surface area contributed by atoms with Crippen molar-refractivity contribution in [3.05, 3.63) is 28.8 Å². The predicted octanol–water partition coefficient (Wildman–Crippen LogP) is 2.86. The van der Waals surface area contributed by atoms with Crippen molar-refractivity contribution >= 4 is 33.4 Å². The summed E-state index contributed by atoms with van der Waals surface area (Å²) in [5, 5.41) is 3.33. The van der Waals surface area contributed by atoms with Crippen LogP contribution in [0.5, 0.6) is 5.75 Å². The number of hydrogen-bond acceptors (Lipinski definition) is 2. The highest BCUT2D eigenvalue weighted by Gasteiger charge is 2.12. The number of nitrogens with one attached hydrogen (secondary N) is 1. The molecule has 0 spiro atoms. The lowest BCUT2D eigenvalue weighted by atomic mass is 10.2. The molecule has 0 fully saturated rings. The summed E-state index contributed by atoms with van der Waals surface area (Å²) >= 11 is 9.16. The number of benzene rings is 1. The molecular weight excluding hydrogens is 293 g/mol. The van der Waals surface area contributed by atoms with Crippen LogP contribution >= 0.6 is 27.5 Å². The third-order valence-corrected chi connectivity index (χ3v) is 2.51. The topological polar surface area (TPSA) is 38.3 Å². The maximum absolute atomic E-state index is 11.8. The van der Waals surface area contributed by atoms with E-state index in [1.54, 1.807) is 18.2 Å². The molecule has 1 aromatic rings. The van der Waals surface area contributed by atoms with Crippen LogP contribution in [-0.2, 0) is 0 Å². The molecule has 1 unspecified atom stereocenters. The number of amides is 1. The highest BCUT2D eigenvalue weighted by atomic mass is 79.9. The van der Waals surface area contributed by atoms with Crippen LogP contribution in [0.25, 0.3) is 0 Å². The molecule has 0 heterocycles. The van der Waals surface area contributed by atoms with E-state index >= 15 is 0 Å². The van der Waals surface area contributed by atoms with Crippen molar-refractivity contribution in [2.24, 2.45) is 0 Å². The molecule has 1 N–H and O–H groups in total. The zero-order valence-electron chi connectivity index (χ0n) is 9.09. The number of rotatable bonds is 4. The van der Waals surface area contributed by atoms with Crippen molar-refractivity contribution in [2.45, 2.75) is 11.8 Å². The average molecular weight is 307 g/mol. The molecule has 3 nitrogen and oxygen atoms in total. The van der Waals surface area contributed by atoms with Crippen molar-refractivity contribution in [3.8, 4) is 5.75 Å². The molecule has 1 aromatic carbocycles. The van der Waals surface area contributed by atoms with Gasteiger partial charge in [0.1, 0.15) is 5.75 Å². The van der Waals surface area contributed by atoms with Crippen molar-refractivity contribution in [1.29, 1.82) is 0 Å². The monoisotopic (exact) mass is 305 g/mol. The molecule has 1 rings (SSSR count). The van der Waals surface area contributed by atoms with Crippen LogP contribution in [0.15, 0.2) is 18.2 Å². The third-order valence-electron chi connectivity index (χ3n) is 1.95. The summed E-state index contributed by atoms with van der Waals surface area (Å²) in [6.07, 6.45) is 0. The average Bonchev–Trinajstić information content (AvgIpc) is 2.25. The van der Waals surface area contributed by atoms with Gasteiger partial charge in [0.15, 0.2) is 0 Å². The Balaban J connectivity index is 2.82. The Bertz CT molecular complexity index is 382. The van der Waals surface area contributed by atoms with Gasteiger partial charge in [-0.25, -0.2) is 0 Å². The fourth-order valence-electron chi connectivity index (χ4n) is 1.18. The Hall–Kier alpha value is -0.740. The molecule has 5 heteroatoms. The highest BCUT2D eigenvalue weighted by Crippen LogP contribution is 2.22. The maximum Gasteiger partial charge on any atom is 0.255 e. The van der Waals surface area contributed by atoms with Crippen LogP contribution < -0.4 is 10.1 Å². The quantitative estimate of drug-likeness (QED) is 0.869. The van der Waals surface area contributed by atoms with Gasteiger partial charge < -0.3 is 10.1 Å². The van der Waals surface area contributed by atoms with Gasteiger partial charge in [-0.1, -0.05) is 34.5 Å². The summed E-state index contributed by atoms with van der Waals surface area (Å²) in [7, 11) is 1.51. The number of alkyl halides is 1. The Morgan fingerprint density at radius 1 is 1.62 bits per heavy atom. The predicted molar refractivity (Wildman–Crippen MR) is 68.7 cm³/mol. The molecule has 0 saturated carbocycles. The van der Waals surface area contributed by atoms with E-state index in [2.05, 4.69) is 21.2 Å². The number of methoxy groups -OCH3 is 1. The number of ether oxygens (including phenoxy) is 1. The first kappa shape index (κ1) is 13.3. The second kappa shape index (κ2) is 6.11. The Kier molecular flexibility index (Phi) is 5.09. The lowest BCUT2D eigenvalue weighted by Gasteiger charge is -2.10. The van der Waals surface area contributed by atoms with Crippen molar-refractivity contribution in [2.75, 3.05) is 13.7 Å². The van der Waals surface area contributed by atoms with Gasteiger partial charge in [-0.15, -0.1) is 0 Å². The van der Waals surface area contributed by atoms with E-state index in [0.717, 1.165) is 0 Å². The van der Waals surface area contributed by atoms with Gasteiger partial charge in [0, 0.05) is 16.4 Å². The van der Waals surface area contributed by atoms with Crippen molar-refractivity contribution in [3.63, 3.8) is 0 Å². The van der Waals surface area contributed by atoms with Crippen LogP contribution in [0, 0.1) is 0 Å². The van der Waals surface area contributed by atoms with Gasteiger partial charge >= 0.3 is 0 Å². The van der Waals surface area contributed by atoms with E-state index in [9.17, 15) is 4.79 Å². The maximum atomic E-state index is 11.8. The molecule has 0 aliphatic carbocycles. The van der Waals surface area contributed by atoms with Crippen LogP contribution in [0.2, 0.25) is 5.02 Å². The van der Waals surface area contributed by atoms with Gasteiger partial charge in [0.05, 0.1) is 12.7 Å². The molecule has 88 valence electrons. The largest absolute Gasteiger partial charge is 0.496 e. The molecule has 1 atom stereocenters. The lowest BCUT2D eigenvalue weighted by Crippen LogP contribution is -2.28. The second-order valence-electron chi connectivity index (χ2n) is 3.34. The number of carbonyl (C=O) groups excluding carboxylic acids is 1. The zero-order chi connectivity index (χ0) is 12.1. The molecule has 0 aromatic heterocycles. The summed E-state index contributed by atoms with van der Waals surface area (Å²) in [6.45, 7) is 2.52. The summed E-state index contributed by atoms with van der Waals surface area (Å²) in [5.74, 6) is 0.312. The summed E-state index contributed by atoms with van der Waals surface area (Å²) in [5.41, 5.74) is 0.486. The molecule has 1 amide bonds. The SMILES string of the molecule is COc1cc(Cl)ccc1C(=O)NCC(C)Br. The van der Waals surface area contributed by atoms with Crippen LogP contribution in [0.1, 0.15) is 17.3 Å². The molecule has 0 bridgehead atoms. The Morgan fingerprint density at radius 3 is 2.88 bits per heavy atom. The van der Waals surface area contributed by atoms with Gasteiger partial charge in [0.2, 0.25) is 0 Å². The van der Waals surface area contributed by atoms with E-state index in [1.807, 2.05) is 6.92 Å². The smallest absolute Gasteiger partial charge is 0.255 e. The van der Waals surface area contributed by atoms with Gasteiger partial charge in [-0.3, -0.25) is 4.79 Å². The molecule has 0 aliphatic rings. The summed E-state index contributed by atoms with van der Waals surface area (Å²) in [6, 6.07) is 4.93. The molecule has 0 radical (unpaired) electrons. The minimum absolute atomic E-state index is 0.167. The standard InChI is InChI=1S/C11H13BrClNO2/c1-7(12)6-14-11(15)9-4-3-8(13)5-10(9)16-2/h3-5,7H,6H2,1-2H3,(H,14,15). The third kappa shape index (κ3) is 3.68. The fraction of sp³-hybridized carbons (Fsp3) is 0.364. The van der Waals surface area contributed by atoms with Gasteiger partial charge in [-0.2, -0.15) is 0 Å². The zero-order valence-corrected chi connectivity index (χ0v) is 11.4. The van der Waals surface area contributed by atoms with E-state index in [1.165, 1.54) is 7.11 Å². The highest BCUT2D eigenvalue weighted by molar-refractivity contribution is 9.09. The minimum atomic E-state index is -0.167. The normalized spacial score (nSPS) is 12.0. The van der Waals surface area contributed by atoms with Crippen molar-refractivity contribution < 1.29 is 9.53 Å². The number of hydrogen-bond donors (Lipinski definition) is 1. The first-order chi connectivity index (χ1) is 7.54. The molecular formula is C11H13BrClNO2. The minimum Gasteiger partial charge on any atom is -0.496 e. The van der Waals surface area contributed by atoms with Gasteiger partial charge in [0.25, 0.3) is 5.91 Å². The lowest BCUT2D eigenvalue weighted by molar-refractivity contribution is 0.0951. The van der Waals surface area contributed by atoms with E-state index < -0.39 is 0 Å². The van der Waals surface area contributed by atoms with E-state index in [0.29, 0.717) is 22.9 Å². The van der Waals surface area contributed by atoms with Crippen molar-refractivity contribution in [1.82, 2.24) is 5.32 Å². The summed E-state index contributed by atoms with van der Waals surface area (Å²) < 4.78 is 5.10. The number of halogens is 2. The molecule has 0 saturated heterocycles. The first-order valence-electron chi connectivity index (χ1n) is 4.80. The molecule has 16 heavy (non-hydrogen) atoms. The Labute approximate surface area is 108 Å². The first-order valence-corrected chi connectivity index (χ1v) is 6.09.